The monoisotopic (exact) mass is 225 g/mol. The first kappa shape index (κ1) is 10.8. The van der Waals surface area contributed by atoms with Crippen LogP contribution in [-0.2, 0) is 0 Å². The van der Waals surface area contributed by atoms with Crippen molar-refractivity contribution >= 4 is 10.8 Å². The lowest BCUT2D eigenvalue weighted by Crippen LogP contribution is -2.31. The average molecular weight is 225 g/mol. The molecule has 0 bridgehead atoms. The summed E-state index contributed by atoms with van der Waals surface area (Å²) in [5.74, 6) is 0.826. The van der Waals surface area contributed by atoms with Crippen molar-refractivity contribution in [2.45, 2.75) is 25.8 Å². The quantitative estimate of drug-likeness (QED) is 0.776. The Bertz CT molecular complexity index is 510. The van der Waals surface area contributed by atoms with Gasteiger partial charge < -0.3 is 5.32 Å². The Labute approximate surface area is 103 Å². The minimum Gasteiger partial charge on any atom is -0.310 e. The van der Waals surface area contributed by atoms with Crippen LogP contribution in [-0.4, -0.2) is 6.54 Å². The third-order valence-electron chi connectivity index (χ3n) is 3.84. The molecular formula is C16H19N. The van der Waals surface area contributed by atoms with Crippen LogP contribution in [0.4, 0.5) is 0 Å². The molecule has 1 aliphatic rings. The fourth-order valence-corrected chi connectivity index (χ4v) is 2.71. The molecule has 1 aliphatic heterocycles. The third kappa shape index (κ3) is 2.20. The summed E-state index contributed by atoms with van der Waals surface area (Å²) in [4.78, 5) is 0. The molecule has 1 heterocycles. The number of nitrogens with one attached hydrogen (secondary N) is 1. The van der Waals surface area contributed by atoms with Gasteiger partial charge in [-0.15, -0.1) is 0 Å². The predicted molar refractivity (Wildman–Crippen MR) is 73.1 cm³/mol. The van der Waals surface area contributed by atoms with E-state index >= 15 is 0 Å². The molecule has 1 nitrogen and oxygen atoms in total. The maximum atomic E-state index is 3.65. The third-order valence-corrected chi connectivity index (χ3v) is 3.84. The van der Waals surface area contributed by atoms with Gasteiger partial charge in [0.15, 0.2) is 0 Å². The maximum Gasteiger partial charge on any atom is 0.0320 e. The zero-order valence-electron chi connectivity index (χ0n) is 10.3. The second-order valence-corrected chi connectivity index (χ2v) is 5.25. The van der Waals surface area contributed by atoms with Gasteiger partial charge in [-0.25, -0.2) is 0 Å². The fraction of sp³-hybridized carbons (Fsp3) is 0.375. The van der Waals surface area contributed by atoms with E-state index in [1.54, 1.807) is 0 Å². The van der Waals surface area contributed by atoms with Crippen LogP contribution in [0.15, 0.2) is 42.5 Å². The van der Waals surface area contributed by atoms with Crippen molar-refractivity contribution in [3.63, 3.8) is 0 Å². The lowest BCUT2D eigenvalue weighted by atomic mass is 9.91. The number of rotatable bonds is 1. The molecule has 0 aromatic heterocycles. The van der Waals surface area contributed by atoms with Crippen LogP contribution in [0.1, 0.15) is 31.4 Å². The zero-order valence-corrected chi connectivity index (χ0v) is 10.3. The minimum absolute atomic E-state index is 0.552. The van der Waals surface area contributed by atoms with E-state index in [9.17, 15) is 0 Å². The molecule has 0 saturated carbocycles. The molecule has 2 atom stereocenters. The molecule has 0 spiro atoms. The van der Waals surface area contributed by atoms with Gasteiger partial charge in [-0.1, -0.05) is 43.3 Å². The first-order valence-corrected chi connectivity index (χ1v) is 6.55. The molecule has 2 aromatic carbocycles. The SMILES string of the molecule is C[C@H]1CC[C@H](c2ccc3ccccc3c2)NC1. The summed E-state index contributed by atoms with van der Waals surface area (Å²) >= 11 is 0. The van der Waals surface area contributed by atoms with E-state index in [0.717, 1.165) is 12.5 Å². The topological polar surface area (TPSA) is 12.0 Å². The van der Waals surface area contributed by atoms with Crippen molar-refractivity contribution in [3.05, 3.63) is 48.0 Å². The molecule has 0 amide bonds. The van der Waals surface area contributed by atoms with Crippen molar-refractivity contribution in [2.24, 2.45) is 5.92 Å². The fourth-order valence-electron chi connectivity index (χ4n) is 2.71. The summed E-state index contributed by atoms with van der Waals surface area (Å²) in [5, 5.41) is 6.34. The van der Waals surface area contributed by atoms with Crippen LogP contribution in [0.2, 0.25) is 0 Å². The lowest BCUT2D eigenvalue weighted by molar-refractivity contribution is 0.333. The highest BCUT2D eigenvalue weighted by Gasteiger charge is 2.18. The smallest absolute Gasteiger partial charge is 0.0320 e. The van der Waals surface area contributed by atoms with E-state index in [4.69, 9.17) is 0 Å². The molecule has 0 radical (unpaired) electrons. The van der Waals surface area contributed by atoms with Gasteiger partial charge >= 0.3 is 0 Å². The largest absolute Gasteiger partial charge is 0.310 e. The Morgan fingerprint density at radius 1 is 1.00 bits per heavy atom. The molecule has 2 aromatic rings. The van der Waals surface area contributed by atoms with E-state index < -0.39 is 0 Å². The van der Waals surface area contributed by atoms with Crippen molar-refractivity contribution in [1.29, 1.82) is 0 Å². The standard InChI is InChI=1S/C16H19N/c1-12-6-9-16(17-11-12)15-8-7-13-4-2-3-5-14(13)10-15/h2-5,7-8,10,12,16-17H,6,9,11H2,1H3/t12-,16+/m0/s1. The second-order valence-electron chi connectivity index (χ2n) is 5.25. The van der Waals surface area contributed by atoms with E-state index in [1.165, 1.54) is 29.2 Å². The highest BCUT2D eigenvalue weighted by molar-refractivity contribution is 5.83. The van der Waals surface area contributed by atoms with Gasteiger partial charge in [0.2, 0.25) is 0 Å². The zero-order chi connectivity index (χ0) is 11.7. The Balaban J connectivity index is 1.90. The maximum absolute atomic E-state index is 3.65. The summed E-state index contributed by atoms with van der Waals surface area (Å²) < 4.78 is 0. The molecule has 3 rings (SSSR count). The summed E-state index contributed by atoms with van der Waals surface area (Å²) in [6, 6.07) is 16.0. The number of piperidine rings is 1. The van der Waals surface area contributed by atoms with Crippen molar-refractivity contribution in [3.8, 4) is 0 Å². The van der Waals surface area contributed by atoms with Crippen LogP contribution in [0.3, 0.4) is 0 Å². The number of hydrogen-bond acceptors (Lipinski definition) is 1. The molecular weight excluding hydrogens is 206 g/mol. The normalized spacial score (nSPS) is 25.0. The molecule has 1 saturated heterocycles. The van der Waals surface area contributed by atoms with Crippen molar-refractivity contribution in [2.75, 3.05) is 6.54 Å². The van der Waals surface area contributed by atoms with Gasteiger partial charge in [-0.2, -0.15) is 0 Å². The minimum atomic E-state index is 0.552. The molecule has 1 N–H and O–H groups in total. The van der Waals surface area contributed by atoms with Gasteiger partial charge in [0.1, 0.15) is 0 Å². The van der Waals surface area contributed by atoms with Gasteiger partial charge in [0.05, 0.1) is 0 Å². The summed E-state index contributed by atoms with van der Waals surface area (Å²) in [6.07, 6.45) is 2.60. The highest BCUT2D eigenvalue weighted by Crippen LogP contribution is 2.27. The van der Waals surface area contributed by atoms with Gasteiger partial charge in [0.25, 0.3) is 0 Å². The Hall–Kier alpha value is -1.34. The number of fused-ring (bicyclic) bond motifs is 1. The Kier molecular flexibility index (Phi) is 2.86. The van der Waals surface area contributed by atoms with Gasteiger partial charge in [-0.05, 0) is 47.7 Å². The lowest BCUT2D eigenvalue weighted by Gasteiger charge is -2.28. The van der Waals surface area contributed by atoms with Crippen LogP contribution >= 0.6 is 0 Å². The molecule has 17 heavy (non-hydrogen) atoms. The highest BCUT2D eigenvalue weighted by atomic mass is 14.9. The Morgan fingerprint density at radius 3 is 2.59 bits per heavy atom. The molecule has 88 valence electrons. The van der Waals surface area contributed by atoms with E-state index in [1.807, 2.05) is 0 Å². The van der Waals surface area contributed by atoms with Crippen LogP contribution in [0.25, 0.3) is 10.8 Å². The first-order valence-electron chi connectivity index (χ1n) is 6.55. The van der Waals surface area contributed by atoms with Crippen molar-refractivity contribution in [1.82, 2.24) is 5.32 Å². The van der Waals surface area contributed by atoms with Crippen LogP contribution in [0, 0.1) is 5.92 Å². The molecule has 1 heteroatoms. The Morgan fingerprint density at radius 2 is 1.82 bits per heavy atom. The summed E-state index contributed by atoms with van der Waals surface area (Å²) in [5.41, 5.74) is 1.44. The van der Waals surface area contributed by atoms with E-state index in [2.05, 4.69) is 54.7 Å². The van der Waals surface area contributed by atoms with Gasteiger partial charge in [-0.3, -0.25) is 0 Å². The van der Waals surface area contributed by atoms with Gasteiger partial charge in [0, 0.05) is 6.04 Å². The average Bonchev–Trinajstić information content (AvgIpc) is 2.39. The second kappa shape index (κ2) is 4.50. The van der Waals surface area contributed by atoms with Crippen molar-refractivity contribution < 1.29 is 0 Å². The molecule has 0 aliphatic carbocycles. The van der Waals surface area contributed by atoms with Crippen LogP contribution < -0.4 is 5.32 Å². The molecule has 1 fully saturated rings. The van der Waals surface area contributed by atoms with Crippen LogP contribution in [0.5, 0.6) is 0 Å². The molecule has 0 unspecified atom stereocenters. The first-order chi connectivity index (χ1) is 8.33. The summed E-state index contributed by atoms with van der Waals surface area (Å²) in [6.45, 7) is 3.47. The van der Waals surface area contributed by atoms with E-state index in [-0.39, 0.29) is 0 Å². The summed E-state index contributed by atoms with van der Waals surface area (Å²) in [7, 11) is 0. The number of benzene rings is 2. The van der Waals surface area contributed by atoms with E-state index in [0.29, 0.717) is 6.04 Å². The predicted octanol–water partition coefficient (Wildman–Crippen LogP) is 3.90. The number of hydrogen-bond donors (Lipinski definition) is 1.